The molecular weight excluding hydrogens is 955 g/mol. The van der Waals surface area contributed by atoms with Crippen LogP contribution in [-0.4, -0.2) is 222 Å². The van der Waals surface area contributed by atoms with E-state index in [1.165, 1.54) is 50.5 Å². The summed E-state index contributed by atoms with van der Waals surface area (Å²) in [7, 11) is 1.73. The predicted octanol–water partition coefficient (Wildman–Crippen LogP) is 0.187. The normalized spacial score (nSPS) is 32.3. The molecule has 1 amide bonds. The Labute approximate surface area is 429 Å². The van der Waals surface area contributed by atoms with Crippen LogP contribution in [-0.2, 0) is 28.5 Å². The average molecular weight is 1040 g/mol. The number of hydrogen-bond acceptors (Lipinski definition) is 20. The predicted molar refractivity (Wildman–Crippen MR) is 265 cm³/mol. The van der Waals surface area contributed by atoms with Gasteiger partial charge in [0.2, 0.25) is 11.5 Å². The van der Waals surface area contributed by atoms with Crippen LogP contribution in [0.5, 0.6) is 0 Å². The summed E-state index contributed by atoms with van der Waals surface area (Å²) in [5.74, 6) is -4.31. The maximum Gasteiger partial charge on any atom is 0.377 e. The molecule has 0 bridgehead atoms. The van der Waals surface area contributed by atoms with Gasteiger partial charge in [0.1, 0.15) is 42.7 Å². The number of rotatable bonds is 27. The number of aliphatic hydroxyl groups is 12. The maximum atomic E-state index is 13.0. The van der Waals surface area contributed by atoms with Gasteiger partial charge in [-0.05, 0) is 93.1 Å². The second kappa shape index (κ2) is 27.3. The maximum absolute atomic E-state index is 13.0. The SMILES string of the molecule is C=C1CCC(OCCN(CCN(C)CCNC(=O)C(O)C(O)C(O[C@@H]2OC(CO)C(O)(O)[C@H](O)C2O)C(O)CO)C[C@H](O)[C@H]2OC(=O)C(O)=C2O)C/C1=C/C=C1\CCC[C@@]2(C)C1CC[C@@H]2[C@H](C)CCCC(C)C. The van der Waals surface area contributed by atoms with Crippen LogP contribution in [0.15, 0.2) is 47.0 Å². The molecule has 0 aromatic heterocycles. The molecule has 13 N–H and O–H groups in total. The smallest absolute Gasteiger partial charge is 0.377 e. The van der Waals surface area contributed by atoms with Crippen LogP contribution in [0, 0.1) is 29.1 Å². The van der Waals surface area contributed by atoms with Crippen molar-refractivity contribution in [2.45, 2.75) is 171 Å². The van der Waals surface area contributed by atoms with Gasteiger partial charge in [-0.2, -0.15) is 0 Å². The minimum Gasteiger partial charge on any atom is -0.505 e. The molecule has 2 aliphatic heterocycles. The first-order valence-electron chi connectivity index (χ1n) is 26.2. The summed E-state index contributed by atoms with van der Waals surface area (Å²) in [6.45, 7) is 13.2. The molecular formula is C52H87N3O18. The van der Waals surface area contributed by atoms with E-state index in [0.29, 0.717) is 37.4 Å². The van der Waals surface area contributed by atoms with Gasteiger partial charge in [-0.3, -0.25) is 9.69 Å². The van der Waals surface area contributed by atoms with E-state index < -0.39 is 104 Å². The fraction of sp³-hybridized carbons (Fsp3) is 0.808. The van der Waals surface area contributed by atoms with Crippen molar-refractivity contribution < 1.29 is 89.8 Å². The van der Waals surface area contributed by atoms with Crippen LogP contribution >= 0.6 is 0 Å². The van der Waals surface area contributed by atoms with Gasteiger partial charge >= 0.3 is 5.97 Å². The van der Waals surface area contributed by atoms with E-state index in [-0.39, 0.29) is 32.3 Å². The van der Waals surface area contributed by atoms with Gasteiger partial charge in [-0.15, -0.1) is 0 Å². The average Bonchev–Trinajstić information content (AvgIpc) is 3.84. The van der Waals surface area contributed by atoms with E-state index in [1.807, 2.05) is 9.80 Å². The van der Waals surface area contributed by atoms with Gasteiger partial charge in [0.15, 0.2) is 24.3 Å². The van der Waals surface area contributed by atoms with Crippen LogP contribution in [0.3, 0.4) is 0 Å². The summed E-state index contributed by atoms with van der Waals surface area (Å²) in [6, 6.07) is 0. The molecule has 3 aliphatic carbocycles. The summed E-state index contributed by atoms with van der Waals surface area (Å²) in [4.78, 5) is 28.6. The molecule has 0 radical (unpaired) electrons. The van der Waals surface area contributed by atoms with Crippen molar-refractivity contribution in [3.05, 3.63) is 47.0 Å². The lowest BCUT2D eigenvalue weighted by Gasteiger charge is -2.45. The number of likely N-dealkylation sites (N-methyl/N-ethyl adjacent to an activating group) is 1. The second-order valence-corrected chi connectivity index (χ2v) is 21.9. The van der Waals surface area contributed by atoms with Crippen molar-refractivity contribution in [1.82, 2.24) is 15.1 Å². The Balaban J connectivity index is 1.14. The number of amides is 1. The summed E-state index contributed by atoms with van der Waals surface area (Å²) in [5, 5.41) is 125. The van der Waals surface area contributed by atoms with Crippen LogP contribution in [0.25, 0.3) is 0 Å². The van der Waals surface area contributed by atoms with E-state index in [1.54, 1.807) is 12.6 Å². The number of allylic oxidation sites excluding steroid dienone is 4. The Kier molecular flexibility index (Phi) is 22.7. The monoisotopic (exact) mass is 1040 g/mol. The van der Waals surface area contributed by atoms with Crippen molar-refractivity contribution in [2.24, 2.45) is 29.1 Å². The zero-order chi connectivity index (χ0) is 53.9. The summed E-state index contributed by atoms with van der Waals surface area (Å²) in [6.07, 6.45) is -3.09. The van der Waals surface area contributed by atoms with E-state index in [0.717, 1.165) is 42.6 Å². The van der Waals surface area contributed by atoms with Gasteiger partial charge in [-0.25, -0.2) is 4.79 Å². The quantitative estimate of drug-likeness (QED) is 0.0386. The third-order valence-electron chi connectivity index (χ3n) is 16.2. The summed E-state index contributed by atoms with van der Waals surface area (Å²) >= 11 is 0. The third-order valence-corrected chi connectivity index (χ3v) is 16.2. The number of nitrogens with zero attached hydrogens (tertiary/aromatic N) is 2. The lowest BCUT2D eigenvalue weighted by atomic mass is 9.60. The fourth-order valence-corrected chi connectivity index (χ4v) is 11.6. The van der Waals surface area contributed by atoms with E-state index >= 15 is 0 Å². The fourth-order valence-electron chi connectivity index (χ4n) is 11.6. The van der Waals surface area contributed by atoms with Crippen LogP contribution < -0.4 is 5.32 Å². The highest BCUT2D eigenvalue weighted by molar-refractivity contribution is 5.89. The highest BCUT2D eigenvalue weighted by Crippen LogP contribution is 2.60. The van der Waals surface area contributed by atoms with Gasteiger partial charge in [-0.1, -0.05) is 76.8 Å². The molecule has 21 nitrogen and oxygen atoms in total. The molecule has 418 valence electrons. The summed E-state index contributed by atoms with van der Waals surface area (Å²) < 4.78 is 21.9. The Morgan fingerprint density at radius 1 is 0.986 bits per heavy atom. The molecule has 2 heterocycles. The molecule has 4 fully saturated rings. The van der Waals surface area contributed by atoms with Crippen molar-refractivity contribution >= 4 is 11.9 Å². The lowest BCUT2D eigenvalue weighted by molar-refractivity contribution is -0.396. The molecule has 15 atom stereocenters. The molecule has 21 heteroatoms. The topological polar surface area (TPSA) is 332 Å². The minimum atomic E-state index is -3.12. The van der Waals surface area contributed by atoms with Gasteiger partial charge < -0.3 is 90.4 Å². The zero-order valence-corrected chi connectivity index (χ0v) is 43.4. The van der Waals surface area contributed by atoms with Crippen LogP contribution in [0.1, 0.15) is 98.3 Å². The number of fused-ring (bicyclic) bond motifs is 1. The zero-order valence-electron chi connectivity index (χ0n) is 43.4. The molecule has 5 aliphatic rings. The Bertz CT molecular complexity index is 1910. The number of cyclic esters (lactones) is 1. The standard InChI is InChI=1S/C52H87N3O18/c1-29(2)9-7-10-31(4)35-16-17-36-32(11-8-18-51(35,36)5)13-14-33-25-34(15-12-30(33)3)70-24-23-55(26-37(58)45-41(61)43(63)49(67)72-45)22-21-54(6)20-19-53-48(66)42(62)40(60)46(38(59)27-56)73-50-44(64)47(65)52(68,69)39(28-57)71-50/h13-14,29,31,34-40,42,44-47,50,56-65,68-69H,3,7-12,15-28H2,1-2,4-6H3,(H,53,66)/b32-13+,33-14-/t31-,34?,35-,36?,37+,38?,39?,40?,42?,44?,45-,46?,47-,50+,51-/m1/s1. The van der Waals surface area contributed by atoms with Crippen LogP contribution in [0.2, 0.25) is 0 Å². The van der Waals surface area contributed by atoms with Crippen molar-refractivity contribution in [1.29, 1.82) is 0 Å². The largest absolute Gasteiger partial charge is 0.505 e. The third kappa shape index (κ3) is 15.3. The summed E-state index contributed by atoms with van der Waals surface area (Å²) in [5.41, 5.74) is 4.19. The Morgan fingerprint density at radius 2 is 1.71 bits per heavy atom. The second-order valence-electron chi connectivity index (χ2n) is 21.9. The highest BCUT2D eigenvalue weighted by Gasteiger charge is 2.56. The van der Waals surface area contributed by atoms with Crippen molar-refractivity contribution in [3.63, 3.8) is 0 Å². The number of aliphatic hydroxyl groups excluding tert-OH is 10. The van der Waals surface area contributed by atoms with E-state index in [9.17, 15) is 70.9 Å². The molecule has 5 rings (SSSR count). The van der Waals surface area contributed by atoms with E-state index in [4.69, 9.17) is 18.9 Å². The number of carbonyl (C=O) groups excluding carboxylic acids is 2. The minimum absolute atomic E-state index is 0.0728. The Morgan fingerprint density at radius 3 is 2.37 bits per heavy atom. The number of nitrogens with one attached hydrogen (secondary N) is 1. The molecule has 3 saturated carbocycles. The molecule has 0 aromatic rings. The molecule has 73 heavy (non-hydrogen) atoms. The first-order chi connectivity index (χ1) is 34.4. The number of hydrogen-bond donors (Lipinski definition) is 13. The molecule has 1 saturated heterocycles. The number of esters is 1. The van der Waals surface area contributed by atoms with Crippen molar-refractivity contribution in [3.8, 4) is 0 Å². The highest BCUT2D eigenvalue weighted by atomic mass is 16.7. The lowest BCUT2D eigenvalue weighted by Crippen LogP contribution is -2.68. The van der Waals surface area contributed by atoms with Gasteiger partial charge in [0.05, 0.1) is 25.9 Å². The molecule has 0 spiro atoms. The number of carbonyl (C=O) groups is 2. The van der Waals surface area contributed by atoms with Gasteiger partial charge in [0.25, 0.3) is 5.91 Å². The number of ether oxygens (including phenoxy) is 4. The Hall–Kier alpha value is -3.10. The first-order valence-corrected chi connectivity index (χ1v) is 26.2. The van der Waals surface area contributed by atoms with Crippen molar-refractivity contribution in [2.75, 3.05) is 66.1 Å². The van der Waals surface area contributed by atoms with Gasteiger partial charge in [0, 0.05) is 39.3 Å². The van der Waals surface area contributed by atoms with Crippen LogP contribution in [0.4, 0.5) is 0 Å². The first kappa shape index (κ1) is 60.8. The van der Waals surface area contributed by atoms with E-state index in [2.05, 4.69) is 51.7 Å². The molecule has 8 unspecified atom stereocenters. The molecule has 0 aromatic carbocycles.